The van der Waals surface area contributed by atoms with Gasteiger partial charge in [0.2, 0.25) is 0 Å². The summed E-state index contributed by atoms with van der Waals surface area (Å²) in [5.74, 6) is -0.0816. The van der Waals surface area contributed by atoms with Crippen LogP contribution in [0.1, 0.15) is 16.7 Å². The summed E-state index contributed by atoms with van der Waals surface area (Å²) in [7, 11) is 1.42. The molecule has 3 aromatic rings. The zero-order valence-corrected chi connectivity index (χ0v) is 20.0. The van der Waals surface area contributed by atoms with Gasteiger partial charge in [0.15, 0.2) is 11.5 Å². The summed E-state index contributed by atoms with van der Waals surface area (Å²) in [5.41, 5.74) is 1.45. The molecular weight excluding hydrogens is 492 g/mol. The number of amides is 2. The molecule has 35 heavy (non-hydrogen) atoms. The van der Waals surface area contributed by atoms with Gasteiger partial charge in [-0.05, 0) is 47.2 Å². The zero-order valence-electron chi connectivity index (χ0n) is 18.5. The highest BCUT2D eigenvalue weighted by atomic mass is 35.5. The van der Waals surface area contributed by atoms with Crippen molar-refractivity contribution in [2.75, 3.05) is 7.11 Å². The maximum absolute atomic E-state index is 12.9. The minimum Gasteiger partial charge on any atom is -0.493 e. The number of nitro benzene ring substituents is 1. The van der Waals surface area contributed by atoms with Crippen LogP contribution in [0, 0.1) is 10.1 Å². The Labute approximate surface area is 210 Å². The minimum atomic E-state index is -0.571. The first-order chi connectivity index (χ1) is 16.9. The lowest BCUT2D eigenvalue weighted by atomic mass is 10.1. The predicted molar refractivity (Wildman–Crippen MR) is 133 cm³/mol. The van der Waals surface area contributed by atoms with Crippen LogP contribution in [0.2, 0.25) is 5.02 Å². The van der Waals surface area contributed by atoms with Crippen LogP contribution in [0.15, 0.2) is 71.6 Å². The summed E-state index contributed by atoms with van der Waals surface area (Å²) in [6, 6.07) is 18.8. The average Bonchev–Trinajstić information content (AvgIpc) is 3.11. The van der Waals surface area contributed by atoms with E-state index in [0.29, 0.717) is 5.02 Å². The Morgan fingerprint density at radius 1 is 1.03 bits per heavy atom. The number of halogens is 1. The van der Waals surface area contributed by atoms with Gasteiger partial charge in [-0.15, -0.1) is 0 Å². The molecule has 1 heterocycles. The van der Waals surface area contributed by atoms with Crippen molar-refractivity contribution < 1.29 is 24.0 Å². The molecule has 1 aliphatic rings. The van der Waals surface area contributed by atoms with Crippen LogP contribution in [-0.2, 0) is 17.9 Å². The van der Waals surface area contributed by atoms with Gasteiger partial charge in [-0.1, -0.05) is 54.1 Å². The SMILES string of the molecule is COc1cc(/C=C2\SC(=O)N(Cc3ccc(Cl)cc3)C2=O)c([N+](=O)[O-])cc1OCc1ccccc1. The molecule has 0 radical (unpaired) electrons. The van der Waals surface area contributed by atoms with Crippen LogP contribution < -0.4 is 9.47 Å². The summed E-state index contributed by atoms with van der Waals surface area (Å²) in [6.07, 6.45) is 1.33. The Hall–Kier alpha value is -3.82. The van der Waals surface area contributed by atoms with Gasteiger partial charge in [0.1, 0.15) is 6.61 Å². The van der Waals surface area contributed by atoms with Crippen LogP contribution in [0.25, 0.3) is 6.08 Å². The fourth-order valence-electron chi connectivity index (χ4n) is 3.40. The van der Waals surface area contributed by atoms with Crippen molar-refractivity contribution in [2.45, 2.75) is 13.2 Å². The van der Waals surface area contributed by atoms with Gasteiger partial charge < -0.3 is 9.47 Å². The van der Waals surface area contributed by atoms with Crippen molar-refractivity contribution in [1.82, 2.24) is 4.90 Å². The Morgan fingerprint density at radius 2 is 1.74 bits per heavy atom. The molecule has 0 atom stereocenters. The number of methoxy groups -OCH3 is 1. The van der Waals surface area contributed by atoms with Crippen molar-refractivity contribution in [3.8, 4) is 11.5 Å². The number of nitrogens with zero attached hydrogens (tertiary/aromatic N) is 2. The monoisotopic (exact) mass is 510 g/mol. The molecule has 0 saturated carbocycles. The van der Waals surface area contributed by atoms with E-state index in [9.17, 15) is 19.7 Å². The smallest absolute Gasteiger partial charge is 0.293 e. The minimum absolute atomic E-state index is 0.0663. The Morgan fingerprint density at radius 3 is 2.40 bits per heavy atom. The molecule has 0 N–H and O–H groups in total. The molecule has 10 heteroatoms. The second-order valence-electron chi connectivity index (χ2n) is 7.49. The maximum Gasteiger partial charge on any atom is 0.293 e. The number of carbonyl (C=O) groups is 2. The summed E-state index contributed by atoms with van der Waals surface area (Å²) < 4.78 is 11.1. The topological polar surface area (TPSA) is 99.0 Å². The van der Waals surface area contributed by atoms with Gasteiger partial charge in [-0.3, -0.25) is 24.6 Å². The molecule has 0 spiro atoms. The molecule has 0 aromatic heterocycles. The molecule has 0 unspecified atom stereocenters. The van der Waals surface area contributed by atoms with Gasteiger partial charge in [-0.25, -0.2) is 0 Å². The van der Waals surface area contributed by atoms with E-state index in [1.54, 1.807) is 24.3 Å². The number of ether oxygens (including phenoxy) is 2. The van der Waals surface area contributed by atoms with Crippen molar-refractivity contribution in [3.05, 3.63) is 103 Å². The number of thioether (sulfide) groups is 1. The van der Waals surface area contributed by atoms with E-state index in [2.05, 4.69) is 0 Å². The molecule has 178 valence electrons. The van der Waals surface area contributed by atoms with Crippen LogP contribution >= 0.6 is 23.4 Å². The van der Waals surface area contributed by atoms with Crippen molar-refractivity contribution in [3.63, 3.8) is 0 Å². The first kappa shape index (κ1) is 24.3. The first-order valence-electron chi connectivity index (χ1n) is 10.4. The Kier molecular flexibility index (Phi) is 7.38. The number of nitro groups is 1. The van der Waals surface area contributed by atoms with E-state index in [1.165, 1.54) is 25.3 Å². The highest BCUT2D eigenvalue weighted by Crippen LogP contribution is 2.39. The van der Waals surface area contributed by atoms with Gasteiger partial charge in [0.25, 0.3) is 16.8 Å². The molecule has 2 amide bonds. The second kappa shape index (κ2) is 10.6. The number of hydrogen-bond acceptors (Lipinski definition) is 7. The largest absolute Gasteiger partial charge is 0.493 e. The zero-order chi connectivity index (χ0) is 24.9. The third-order valence-electron chi connectivity index (χ3n) is 5.16. The van der Waals surface area contributed by atoms with Crippen LogP contribution in [0.3, 0.4) is 0 Å². The standard InChI is InChI=1S/C25H19ClN2O6S/c1-33-21-11-18(20(28(31)32)13-22(21)34-15-17-5-3-2-4-6-17)12-23-24(29)27(25(30)35-23)14-16-7-9-19(26)10-8-16/h2-13H,14-15H2,1H3/b23-12-. The van der Waals surface area contributed by atoms with Crippen molar-refractivity contribution in [2.24, 2.45) is 0 Å². The molecule has 8 nitrogen and oxygen atoms in total. The number of imide groups is 1. The van der Waals surface area contributed by atoms with Crippen LogP contribution in [0.4, 0.5) is 10.5 Å². The summed E-state index contributed by atoms with van der Waals surface area (Å²) in [4.78, 5) is 37.8. The number of carbonyl (C=O) groups excluding carboxylic acids is 2. The molecule has 3 aromatic carbocycles. The van der Waals surface area contributed by atoms with Crippen LogP contribution in [-0.4, -0.2) is 28.1 Å². The normalized spacial score (nSPS) is 14.5. The first-order valence-corrected chi connectivity index (χ1v) is 11.6. The van der Waals surface area contributed by atoms with Crippen molar-refractivity contribution >= 4 is 46.3 Å². The molecule has 4 rings (SSSR count). The Balaban J connectivity index is 1.61. The molecule has 1 saturated heterocycles. The molecule has 1 fully saturated rings. The number of rotatable bonds is 8. The van der Waals surface area contributed by atoms with E-state index in [4.69, 9.17) is 21.1 Å². The van der Waals surface area contributed by atoms with E-state index < -0.39 is 16.1 Å². The highest BCUT2D eigenvalue weighted by molar-refractivity contribution is 8.18. The quantitative estimate of drug-likeness (QED) is 0.206. The fourth-order valence-corrected chi connectivity index (χ4v) is 4.35. The van der Waals surface area contributed by atoms with Gasteiger partial charge in [-0.2, -0.15) is 0 Å². The van der Waals surface area contributed by atoms with Gasteiger partial charge >= 0.3 is 0 Å². The average molecular weight is 511 g/mol. The van der Waals surface area contributed by atoms with E-state index >= 15 is 0 Å². The highest BCUT2D eigenvalue weighted by Gasteiger charge is 2.35. The third-order valence-corrected chi connectivity index (χ3v) is 6.32. The Bertz CT molecular complexity index is 1310. The summed E-state index contributed by atoms with van der Waals surface area (Å²) >= 11 is 6.61. The molecular formula is C25H19ClN2O6S. The fraction of sp³-hybridized carbons (Fsp3) is 0.120. The van der Waals surface area contributed by atoms with Crippen LogP contribution in [0.5, 0.6) is 11.5 Å². The second-order valence-corrected chi connectivity index (χ2v) is 8.92. The van der Waals surface area contributed by atoms with Gasteiger partial charge in [0.05, 0.1) is 35.1 Å². The molecule has 0 bridgehead atoms. The van der Waals surface area contributed by atoms with E-state index in [-0.39, 0.29) is 40.8 Å². The van der Waals surface area contributed by atoms with E-state index in [0.717, 1.165) is 27.8 Å². The van der Waals surface area contributed by atoms with Gasteiger partial charge in [0, 0.05) is 5.02 Å². The molecule has 0 aliphatic carbocycles. The van der Waals surface area contributed by atoms with E-state index in [1.807, 2.05) is 30.3 Å². The molecule has 1 aliphatic heterocycles. The number of benzene rings is 3. The lowest BCUT2D eigenvalue weighted by Crippen LogP contribution is -2.27. The van der Waals surface area contributed by atoms with Crippen molar-refractivity contribution in [1.29, 1.82) is 0 Å². The lowest BCUT2D eigenvalue weighted by Gasteiger charge is -2.13. The summed E-state index contributed by atoms with van der Waals surface area (Å²) in [5, 5.41) is 11.9. The lowest BCUT2D eigenvalue weighted by molar-refractivity contribution is -0.385. The number of hydrogen-bond donors (Lipinski definition) is 0. The maximum atomic E-state index is 12.9. The predicted octanol–water partition coefficient (Wildman–Crippen LogP) is 6.07. The summed E-state index contributed by atoms with van der Waals surface area (Å²) in [6.45, 7) is 0.258. The third kappa shape index (κ3) is 5.64.